The maximum atomic E-state index is 15.1. The molecule has 1 saturated carbocycles. The van der Waals surface area contributed by atoms with Crippen LogP contribution in [0.4, 0.5) is 8.78 Å². The van der Waals surface area contributed by atoms with Gasteiger partial charge in [0.05, 0.1) is 16.7 Å². The zero-order valence-corrected chi connectivity index (χ0v) is 14.4. The van der Waals surface area contributed by atoms with Crippen molar-refractivity contribution in [3.05, 3.63) is 58.1 Å². The first-order valence-corrected chi connectivity index (χ1v) is 8.72. The van der Waals surface area contributed by atoms with E-state index in [9.17, 15) is 14.3 Å². The number of benzene rings is 2. The molecule has 9 heteroatoms. The van der Waals surface area contributed by atoms with E-state index >= 15 is 4.39 Å². The lowest BCUT2D eigenvalue weighted by Gasteiger charge is -2.37. The van der Waals surface area contributed by atoms with E-state index in [1.807, 2.05) is 0 Å². The maximum Gasteiger partial charge on any atom is 0.439 e. The van der Waals surface area contributed by atoms with Crippen LogP contribution in [-0.4, -0.2) is 25.2 Å². The van der Waals surface area contributed by atoms with Gasteiger partial charge in [-0.15, -0.1) is 0 Å². The van der Waals surface area contributed by atoms with E-state index in [0.29, 0.717) is 18.4 Å². The number of H-pyrrole nitrogens is 2. The van der Waals surface area contributed by atoms with E-state index in [0.717, 1.165) is 18.1 Å². The van der Waals surface area contributed by atoms with Crippen molar-refractivity contribution in [3.63, 3.8) is 0 Å². The minimum atomic E-state index is -0.842. The number of nitrogens with zero attached hydrogens (tertiary/aromatic N) is 2. The normalized spacial score (nSPS) is 15.7. The third kappa shape index (κ3) is 2.47. The summed E-state index contributed by atoms with van der Waals surface area (Å²) in [6.07, 6.45) is 2.32. The van der Waals surface area contributed by atoms with Crippen LogP contribution in [0.1, 0.15) is 24.8 Å². The SMILES string of the molecule is O=c1[nH]c(-c2nc3c(F)c(-c4ccc(C5(O)CCC5)cc4)c(F)cc3[nH]2)no1. The number of rotatable bonds is 3. The van der Waals surface area contributed by atoms with E-state index in [4.69, 9.17) is 0 Å². The highest BCUT2D eigenvalue weighted by Gasteiger charge is 2.36. The standard InChI is InChI=1S/C19H14F2N4O3/c20-11-8-12-15(23-16(22-12)17-24-18(26)28-25-17)14(21)13(11)9-2-4-10(5-3-9)19(27)6-1-7-19/h2-5,8,27H,1,6-7H2,(H,22,23)(H,24,25,26). The molecular weight excluding hydrogens is 370 g/mol. The van der Waals surface area contributed by atoms with Crippen molar-refractivity contribution in [2.24, 2.45) is 0 Å². The summed E-state index contributed by atoms with van der Waals surface area (Å²) in [6.45, 7) is 0. The van der Waals surface area contributed by atoms with Crippen molar-refractivity contribution in [3.8, 4) is 22.8 Å². The van der Waals surface area contributed by atoms with Gasteiger partial charge in [0, 0.05) is 6.07 Å². The van der Waals surface area contributed by atoms with Gasteiger partial charge in [0.25, 0.3) is 0 Å². The monoisotopic (exact) mass is 384 g/mol. The molecule has 7 nitrogen and oxygen atoms in total. The number of halogens is 2. The lowest BCUT2D eigenvalue weighted by atomic mass is 9.75. The van der Waals surface area contributed by atoms with Gasteiger partial charge in [-0.3, -0.25) is 9.51 Å². The van der Waals surface area contributed by atoms with Crippen LogP contribution in [0.2, 0.25) is 0 Å². The molecule has 2 heterocycles. The molecule has 1 aliphatic carbocycles. The summed E-state index contributed by atoms with van der Waals surface area (Å²) in [4.78, 5) is 20.2. The van der Waals surface area contributed by atoms with E-state index in [-0.39, 0.29) is 28.2 Å². The molecule has 5 rings (SSSR count). The molecule has 0 spiro atoms. The smallest absolute Gasteiger partial charge is 0.385 e. The highest BCUT2D eigenvalue weighted by Crippen LogP contribution is 2.42. The Balaban J connectivity index is 1.60. The molecule has 0 radical (unpaired) electrons. The quantitative estimate of drug-likeness (QED) is 0.503. The van der Waals surface area contributed by atoms with Crippen molar-refractivity contribution in [1.82, 2.24) is 20.1 Å². The molecule has 28 heavy (non-hydrogen) atoms. The van der Waals surface area contributed by atoms with Gasteiger partial charge in [-0.2, -0.15) is 0 Å². The third-order valence-corrected chi connectivity index (χ3v) is 5.23. The first-order valence-electron chi connectivity index (χ1n) is 8.72. The van der Waals surface area contributed by atoms with Crippen molar-refractivity contribution in [1.29, 1.82) is 0 Å². The highest BCUT2D eigenvalue weighted by atomic mass is 19.1. The van der Waals surface area contributed by atoms with E-state index in [2.05, 4.69) is 24.6 Å². The van der Waals surface area contributed by atoms with Crippen molar-refractivity contribution < 1.29 is 18.4 Å². The summed E-state index contributed by atoms with van der Waals surface area (Å²) < 4.78 is 34.1. The lowest BCUT2D eigenvalue weighted by Crippen LogP contribution is -2.33. The Bertz CT molecular complexity index is 1250. The lowest BCUT2D eigenvalue weighted by molar-refractivity contribution is -0.0387. The van der Waals surface area contributed by atoms with E-state index in [1.54, 1.807) is 24.3 Å². The number of imidazole rings is 1. The van der Waals surface area contributed by atoms with Gasteiger partial charge in [0.15, 0.2) is 11.6 Å². The van der Waals surface area contributed by atoms with Crippen LogP contribution in [0, 0.1) is 11.6 Å². The van der Waals surface area contributed by atoms with Gasteiger partial charge in [0.2, 0.25) is 5.82 Å². The zero-order valence-electron chi connectivity index (χ0n) is 14.4. The number of aromatic nitrogens is 4. The van der Waals surface area contributed by atoms with Gasteiger partial charge >= 0.3 is 5.76 Å². The Labute approximate surface area is 156 Å². The largest absolute Gasteiger partial charge is 0.439 e. The van der Waals surface area contributed by atoms with Crippen LogP contribution in [-0.2, 0) is 5.60 Å². The second-order valence-electron chi connectivity index (χ2n) is 6.94. The molecule has 4 aromatic rings. The second kappa shape index (κ2) is 5.83. The van der Waals surface area contributed by atoms with Gasteiger partial charge in [0.1, 0.15) is 11.3 Å². The number of hydrogen-bond donors (Lipinski definition) is 3. The minimum Gasteiger partial charge on any atom is -0.385 e. The maximum absolute atomic E-state index is 15.1. The molecule has 2 aromatic heterocycles. The molecule has 3 N–H and O–H groups in total. The first-order chi connectivity index (χ1) is 13.4. The van der Waals surface area contributed by atoms with Gasteiger partial charge in [-0.1, -0.05) is 29.4 Å². The average molecular weight is 384 g/mol. The van der Waals surface area contributed by atoms with Crippen molar-refractivity contribution >= 4 is 11.0 Å². The van der Waals surface area contributed by atoms with Crippen LogP contribution in [0.25, 0.3) is 33.8 Å². The molecule has 0 amide bonds. The molecule has 0 atom stereocenters. The number of aromatic amines is 2. The number of aliphatic hydroxyl groups is 1. The van der Waals surface area contributed by atoms with Crippen LogP contribution < -0.4 is 5.76 Å². The van der Waals surface area contributed by atoms with E-state index in [1.165, 1.54) is 0 Å². The molecule has 0 aliphatic heterocycles. The molecule has 0 bridgehead atoms. The molecule has 1 fully saturated rings. The Morgan fingerprint density at radius 3 is 2.46 bits per heavy atom. The highest BCUT2D eigenvalue weighted by molar-refractivity contribution is 5.85. The Morgan fingerprint density at radius 2 is 1.86 bits per heavy atom. The Hall–Kier alpha value is -3.33. The number of fused-ring (bicyclic) bond motifs is 1. The summed E-state index contributed by atoms with van der Waals surface area (Å²) in [5, 5.41) is 13.9. The molecule has 0 unspecified atom stereocenters. The predicted molar refractivity (Wildman–Crippen MR) is 95.3 cm³/mol. The fourth-order valence-electron chi connectivity index (χ4n) is 3.54. The zero-order chi connectivity index (χ0) is 19.5. The van der Waals surface area contributed by atoms with Crippen LogP contribution in [0.15, 0.2) is 39.6 Å². The average Bonchev–Trinajstić information content (AvgIpc) is 3.26. The Kier molecular flexibility index (Phi) is 3.50. The molecule has 2 aromatic carbocycles. The summed E-state index contributed by atoms with van der Waals surface area (Å²) in [6, 6.07) is 7.68. The van der Waals surface area contributed by atoms with Crippen LogP contribution in [0.3, 0.4) is 0 Å². The topological polar surface area (TPSA) is 108 Å². The molecule has 1 aliphatic rings. The summed E-state index contributed by atoms with van der Waals surface area (Å²) >= 11 is 0. The molecule has 142 valence electrons. The van der Waals surface area contributed by atoms with E-state index < -0.39 is 23.0 Å². The fraction of sp³-hybridized carbons (Fsp3) is 0.211. The summed E-state index contributed by atoms with van der Waals surface area (Å²) in [5.41, 5.74) is 0.0521. The van der Waals surface area contributed by atoms with Crippen molar-refractivity contribution in [2.45, 2.75) is 24.9 Å². The molecule has 0 saturated heterocycles. The number of hydrogen-bond acceptors (Lipinski definition) is 5. The van der Waals surface area contributed by atoms with Gasteiger partial charge < -0.3 is 10.1 Å². The van der Waals surface area contributed by atoms with Crippen molar-refractivity contribution in [2.75, 3.05) is 0 Å². The summed E-state index contributed by atoms with van der Waals surface area (Å²) in [7, 11) is 0. The molecular formula is C19H14F2N4O3. The predicted octanol–water partition coefficient (Wildman–Crippen LogP) is 3.22. The van der Waals surface area contributed by atoms with Crippen LogP contribution >= 0.6 is 0 Å². The fourth-order valence-corrected chi connectivity index (χ4v) is 3.54. The summed E-state index contributed by atoms with van der Waals surface area (Å²) in [5.74, 6) is -2.34. The Morgan fingerprint density at radius 1 is 1.11 bits per heavy atom. The second-order valence-corrected chi connectivity index (χ2v) is 6.94. The first kappa shape index (κ1) is 16.8. The van der Waals surface area contributed by atoms with Gasteiger partial charge in [-0.25, -0.2) is 18.6 Å². The van der Waals surface area contributed by atoms with Crippen LogP contribution in [0.5, 0.6) is 0 Å². The van der Waals surface area contributed by atoms with Gasteiger partial charge in [-0.05, 0) is 30.4 Å². The number of nitrogens with one attached hydrogen (secondary N) is 2. The third-order valence-electron chi connectivity index (χ3n) is 5.23. The minimum absolute atomic E-state index is 0.0133.